The second-order valence-corrected chi connectivity index (χ2v) is 6.26. The summed E-state index contributed by atoms with van der Waals surface area (Å²) in [5.41, 5.74) is 5.74. The van der Waals surface area contributed by atoms with Gasteiger partial charge in [0.05, 0.1) is 6.04 Å². The van der Waals surface area contributed by atoms with E-state index in [0.717, 1.165) is 12.5 Å². The zero-order valence-electron chi connectivity index (χ0n) is 11.0. The van der Waals surface area contributed by atoms with Crippen LogP contribution in [0.25, 0.3) is 0 Å². The van der Waals surface area contributed by atoms with Crippen LogP contribution in [0.3, 0.4) is 0 Å². The van der Waals surface area contributed by atoms with Crippen molar-refractivity contribution in [3.05, 3.63) is 0 Å². The number of amides is 1. The minimum atomic E-state index is -0.413. The lowest BCUT2D eigenvalue weighted by Gasteiger charge is -2.26. The fourth-order valence-corrected chi connectivity index (χ4v) is 2.26. The fraction of sp³-hybridized carbons (Fsp3) is 0.923. The molecular formula is C13H26N2O. The van der Waals surface area contributed by atoms with E-state index in [1.165, 1.54) is 19.3 Å². The Hall–Kier alpha value is -0.570. The Bertz CT molecular complexity index is 245. The van der Waals surface area contributed by atoms with Gasteiger partial charge in [-0.2, -0.15) is 0 Å². The van der Waals surface area contributed by atoms with Crippen LogP contribution >= 0.6 is 0 Å². The minimum Gasteiger partial charge on any atom is -0.354 e. The second-order valence-electron chi connectivity index (χ2n) is 6.26. The zero-order chi connectivity index (χ0) is 12.3. The lowest BCUT2D eigenvalue weighted by molar-refractivity contribution is -0.124. The van der Waals surface area contributed by atoms with E-state index in [1.54, 1.807) is 0 Å². The van der Waals surface area contributed by atoms with Crippen LogP contribution in [0, 0.1) is 17.3 Å². The summed E-state index contributed by atoms with van der Waals surface area (Å²) in [6, 6.07) is -0.413. The van der Waals surface area contributed by atoms with Crippen molar-refractivity contribution in [2.75, 3.05) is 6.54 Å². The van der Waals surface area contributed by atoms with Crippen molar-refractivity contribution in [1.82, 2.24) is 5.32 Å². The predicted molar refractivity (Wildman–Crippen MR) is 66.9 cm³/mol. The van der Waals surface area contributed by atoms with Gasteiger partial charge in [-0.25, -0.2) is 0 Å². The lowest BCUT2D eigenvalue weighted by atomic mass is 9.87. The third-order valence-corrected chi connectivity index (χ3v) is 3.79. The summed E-state index contributed by atoms with van der Waals surface area (Å²) in [5.74, 6) is 1.38. The lowest BCUT2D eigenvalue weighted by Crippen LogP contribution is -2.49. The Kier molecular flexibility index (Phi) is 4.36. The number of rotatable bonds is 3. The second kappa shape index (κ2) is 5.17. The van der Waals surface area contributed by atoms with Gasteiger partial charge >= 0.3 is 0 Å². The van der Waals surface area contributed by atoms with Crippen molar-refractivity contribution < 1.29 is 4.79 Å². The number of nitrogens with one attached hydrogen (secondary N) is 1. The van der Waals surface area contributed by atoms with Crippen molar-refractivity contribution in [1.29, 1.82) is 0 Å². The van der Waals surface area contributed by atoms with Gasteiger partial charge in [0.25, 0.3) is 0 Å². The van der Waals surface area contributed by atoms with Crippen molar-refractivity contribution in [2.45, 2.75) is 53.0 Å². The van der Waals surface area contributed by atoms with Gasteiger partial charge in [-0.3, -0.25) is 4.79 Å². The first-order valence-electron chi connectivity index (χ1n) is 6.35. The maximum Gasteiger partial charge on any atom is 0.237 e. The van der Waals surface area contributed by atoms with Crippen LogP contribution in [0.2, 0.25) is 0 Å². The highest BCUT2D eigenvalue weighted by atomic mass is 16.2. The molecule has 1 fully saturated rings. The molecule has 3 N–H and O–H groups in total. The van der Waals surface area contributed by atoms with Crippen molar-refractivity contribution in [3.8, 4) is 0 Å². The summed E-state index contributed by atoms with van der Waals surface area (Å²) >= 11 is 0. The molecule has 16 heavy (non-hydrogen) atoms. The van der Waals surface area contributed by atoms with Crippen molar-refractivity contribution in [2.24, 2.45) is 23.0 Å². The normalized spacial score (nSPS) is 27.8. The van der Waals surface area contributed by atoms with Crippen molar-refractivity contribution >= 4 is 5.91 Å². The van der Waals surface area contributed by atoms with Crippen LogP contribution in [0.1, 0.15) is 47.0 Å². The molecule has 0 heterocycles. The van der Waals surface area contributed by atoms with E-state index < -0.39 is 6.04 Å². The molecule has 1 aliphatic carbocycles. The number of hydrogen-bond acceptors (Lipinski definition) is 2. The van der Waals surface area contributed by atoms with Gasteiger partial charge in [-0.1, -0.05) is 40.5 Å². The molecular weight excluding hydrogens is 200 g/mol. The van der Waals surface area contributed by atoms with Gasteiger partial charge in [-0.05, 0) is 23.7 Å². The van der Waals surface area contributed by atoms with Gasteiger partial charge in [0.15, 0.2) is 0 Å². The average molecular weight is 226 g/mol. The van der Waals surface area contributed by atoms with E-state index in [1.807, 2.05) is 20.8 Å². The van der Waals surface area contributed by atoms with Gasteiger partial charge in [0.1, 0.15) is 0 Å². The highest BCUT2D eigenvalue weighted by molar-refractivity contribution is 5.82. The topological polar surface area (TPSA) is 55.1 Å². The molecule has 1 amide bonds. The van der Waals surface area contributed by atoms with E-state index in [4.69, 9.17) is 5.73 Å². The number of carbonyl (C=O) groups is 1. The zero-order valence-corrected chi connectivity index (χ0v) is 11.0. The molecule has 3 nitrogen and oxygen atoms in total. The van der Waals surface area contributed by atoms with Crippen LogP contribution in [0.4, 0.5) is 0 Å². The van der Waals surface area contributed by atoms with E-state index >= 15 is 0 Å². The Morgan fingerprint density at radius 1 is 1.44 bits per heavy atom. The highest BCUT2D eigenvalue weighted by Crippen LogP contribution is 2.30. The molecule has 0 radical (unpaired) electrons. The first-order chi connectivity index (χ1) is 7.32. The molecule has 0 aromatic rings. The first-order valence-corrected chi connectivity index (χ1v) is 6.35. The number of nitrogens with two attached hydrogens (primary N) is 1. The minimum absolute atomic E-state index is 0.00778. The smallest absolute Gasteiger partial charge is 0.237 e. The van der Waals surface area contributed by atoms with Crippen LogP contribution < -0.4 is 11.1 Å². The molecule has 94 valence electrons. The summed E-state index contributed by atoms with van der Waals surface area (Å²) in [4.78, 5) is 11.8. The maximum absolute atomic E-state index is 11.8. The van der Waals surface area contributed by atoms with Crippen LogP contribution in [-0.4, -0.2) is 18.5 Å². The molecule has 0 aromatic heterocycles. The van der Waals surface area contributed by atoms with Gasteiger partial charge in [-0.15, -0.1) is 0 Å². The summed E-state index contributed by atoms with van der Waals surface area (Å²) in [5, 5.41) is 3.00. The number of hydrogen-bond donors (Lipinski definition) is 2. The summed E-state index contributed by atoms with van der Waals surface area (Å²) in [7, 11) is 0. The van der Waals surface area contributed by atoms with Gasteiger partial charge in [0.2, 0.25) is 5.91 Å². The SMILES string of the molecule is CC1CCCC1CNC(=O)C(N)C(C)(C)C. The Balaban J connectivity index is 2.35. The quantitative estimate of drug-likeness (QED) is 0.772. The number of carbonyl (C=O) groups excluding carboxylic acids is 1. The van der Waals surface area contributed by atoms with Crippen LogP contribution in [0.5, 0.6) is 0 Å². The molecule has 3 atom stereocenters. The molecule has 0 aliphatic heterocycles. The maximum atomic E-state index is 11.8. The standard InChI is InChI=1S/C13H26N2O/c1-9-6-5-7-10(9)8-15-12(16)11(14)13(2,3)4/h9-11H,5-8,14H2,1-4H3,(H,15,16). The van der Waals surface area contributed by atoms with Crippen LogP contribution in [0.15, 0.2) is 0 Å². The molecule has 3 heteroatoms. The highest BCUT2D eigenvalue weighted by Gasteiger charge is 2.29. The third kappa shape index (κ3) is 3.48. The van der Waals surface area contributed by atoms with Crippen LogP contribution in [-0.2, 0) is 4.79 Å². The Morgan fingerprint density at radius 2 is 2.06 bits per heavy atom. The van der Waals surface area contributed by atoms with Gasteiger partial charge in [0, 0.05) is 6.54 Å². The predicted octanol–water partition coefficient (Wildman–Crippen LogP) is 1.91. The van der Waals surface area contributed by atoms with E-state index in [0.29, 0.717) is 5.92 Å². The molecule has 0 aromatic carbocycles. The fourth-order valence-electron chi connectivity index (χ4n) is 2.26. The van der Waals surface area contributed by atoms with E-state index in [-0.39, 0.29) is 11.3 Å². The molecule has 0 bridgehead atoms. The molecule has 1 saturated carbocycles. The van der Waals surface area contributed by atoms with Crippen molar-refractivity contribution in [3.63, 3.8) is 0 Å². The first kappa shape index (κ1) is 13.5. The third-order valence-electron chi connectivity index (χ3n) is 3.79. The van der Waals surface area contributed by atoms with E-state index in [9.17, 15) is 4.79 Å². The molecule has 1 rings (SSSR count). The van der Waals surface area contributed by atoms with E-state index in [2.05, 4.69) is 12.2 Å². The molecule has 0 saturated heterocycles. The summed E-state index contributed by atoms with van der Waals surface area (Å²) < 4.78 is 0. The summed E-state index contributed by atoms with van der Waals surface area (Å²) in [6.07, 6.45) is 3.84. The Labute approximate surface area is 99.2 Å². The molecule has 3 unspecified atom stereocenters. The average Bonchev–Trinajstić information content (AvgIpc) is 2.58. The largest absolute Gasteiger partial charge is 0.354 e. The monoisotopic (exact) mass is 226 g/mol. The van der Waals surface area contributed by atoms with Gasteiger partial charge < -0.3 is 11.1 Å². The summed E-state index contributed by atoms with van der Waals surface area (Å²) in [6.45, 7) is 9.05. The molecule has 1 aliphatic rings. The Morgan fingerprint density at radius 3 is 2.50 bits per heavy atom. The molecule has 0 spiro atoms.